The number of piperidine rings is 1. The largest absolute Gasteiger partial charge is 0.385 e. The normalized spacial score (nSPS) is 22.5. The molecule has 186 valence electrons. The van der Waals surface area contributed by atoms with E-state index in [1.165, 1.54) is 32.1 Å². The highest BCUT2D eigenvalue weighted by atomic mass is 16.5. The van der Waals surface area contributed by atoms with Crippen LogP contribution in [0.2, 0.25) is 0 Å². The maximum atomic E-state index is 13.3. The maximum Gasteiger partial charge on any atom is 0.317 e. The first kappa shape index (κ1) is 26.0. The Labute approximate surface area is 200 Å². The summed E-state index contributed by atoms with van der Waals surface area (Å²) in [6.07, 6.45) is 10.9. The maximum absolute atomic E-state index is 13.3. The molecule has 1 heterocycles. The van der Waals surface area contributed by atoms with Crippen LogP contribution in [0.25, 0.3) is 0 Å². The van der Waals surface area contributed by atoms with E-state index in [0.29, 0.717) is 19.6 Å². The summed E-state index contributed by atoms with van der Waals surface area (Å²) in [6, 6.07) is 10.1. The number of likely N-dealkylation sites (tertiary alicyclic amines) is 1. The molecule has 3 rings (SSSR count). The van der Waals surface area contributed by atoms with Gasteiger partial charge in [-0.1, -0.05) is 62.4 Å². The van der Waals surface area contributed by atoms with Crippen LogP contribution < -0.4 is 10.6 Å². The highest BCUT2D eigenvalue weighted by Gasteiger charge is 2.41. The van der Waals surface area contributed by atoms with E-state index < -0.39 is 5.60 Å². The van der Waals surface area contributed by atoms with Crippen LogP contribution in [0.1, 0.15) is 69.8 Å². The van der Waals surface area contributed by atoms with Crippen molar-refractivity contribution in [3.05, 3.63) is 35.9 Å². The van der Waals surface area contributed by atoms with Crippen LogP contribution in [0.4, 0.5) is 4.79 Å². The Balaban J connectivity index is 1.65. The van der Waals surface area contributed by atoms with Crippen molar-refractivity contribution in [1.29, 1.82) is 0 Å². The lowest BCUT2D eigenvalue weighted by molar-refractivity contribution is -0.0584. The summed E-state index contributed by atoms with van der Waals surface area (Å²) < 4.78 is 5.26. The molecule has 2 fully saturated rings. The molecular weight excluding hydrogens is 414 g/mol. The average Bonchev–Trinajstić information content (AvgIpc) is 2.85. The van der Waals surface area contributed by atoms with Gasteiger partial charge in [0.2, 0.25) is 0 Å². The molecule has 1 aliphatic heterocycles. The Hall–Kier alpha value is -1.63. The van der Waals surface area contributed by atoms with Gasteiger partial charge in [0.05, 0.1) is 5.60 Å². The molecule has 6 heteroatoms. The van der Waals surface area contributed by atoms with Gasteiger partial charge in [-0.25, -0.2) is 4.79 Å². The molecule has 0 bridgehead atoms. The fourth-order valence-corrected chi connectivity index (χ4v) is 5.88. The number of aliphatic hydroxyl groups is 1. The van der Waals surface area contributed by atoms with Crippen LogP contribution in [0.3, 0.4) is 0 Å². The molecule has 1 saturated heterocycles. The Morgan fingerprint density at radius 2 is 1.94 bits per heavy atom. The monoisotopic (exact) mass is 459 g/mol. The Kier molecular flexibility index (Phi) is 10.5. The summed E-state index contributed by atoms with van der Waals surface area (Å²) in [5, 5.41) is 18.5. The third-order valence-electron chi connectivity index (χ3n) is 7.68. The standard InChI is InChI=1S/C27H45N3O3/c1-28-20-25(19-22-11-5-3-6-12-22)29-26(31)30-17-9-15-24(21-30)27(32,16-10-18-33-2)23-13-7-4-8-14-23/h4,7-8,13-14,22,24-25,28,32H,3,5-6,9-12,15-21H2,1-2H3,(H,29,31)/t24-,25?,27+/m1/s1. The summed E-state index contributed by atoms with van der Waals surface area (Å²) >= 11 is 0. The first-order valence-corrected chi connectivity index (χ1v) is 13.0. The summed E-state index contributed by atoms with van der Waals surface area (Å²) in [7, 11) is 3.65. The molecule has 0 spiro atoms. The van der Waals surface area contributed by atoms with E-state index in [9.17, 15) is 9.90 Å². The average molecular weight is 460 g/mol. The number of urea groups is 1. The molecule has 3 N–H and O–H groups in total. The van der Waals surface area contributed by atoms with Crippen molar-refractivity contribution in [2.24, 2.45) is 11.8 Å². The smallest absolute Gasteiger partial charge is 0.317 e. The number of ether oxygens (including phenoxy) is 1. The highest BCUT2D eigenvalue weighted by Crippen LogP contribution is 2.39. The minimum absolute atomic E-state index is 0.0114. The van der Waals surface area contributed by atoms with E-state index in [-0.39, 0.29) is 18.0 Å². The zero-order valence-electron chi connectivity index (χ0n) is 20.7. The minimum Gasteiger partial charge on any atom is -0.385 e. The number of amides is 2. The predicted octanol–water partition coefficient (Wildman–Crippen LogP) is 4.28. The van der Waals surface area contributed by atoms with Gasteiger partial charge in [-0.05, 0) is 50.6 Å². The number of likely N-dealkylation sites (N-methyl/N-ethyl adjacent to an activating group) is 1. The number of nitrogens with zero attached hydrogens (tertiary/aromatic N) is 1. The summed E-state index contributed by atoms with van der Waals surface area (Å²) in [5.41, 5.74) is -0.00990. The van der Waals surface area contributed by atoms with Gasteiger partial charge in [-0.2, -0.15) is 0 Å². The molecule has 33 heavy (non-hydrogen) atoms. The Morgan fingerprint density at radius 1 is 1.18 bits per heavy atom. The van der Waals surface area contributed by atoms with Crippen LogP contribution in [0, 0.1) is 11.8 Å². The van der Waals surface area contributed by atoms with E-state index >= 15 is 0 Å². The molecule has 1 saturated carbocycles. The third-order valence-corrected chi connectivity index (χ3v) is 7.68. The van der Waals surface area contributed by atoms with Crippen LogP contribution in [0.5, 0.6) is 0 Å². The minimum atomic E-state index is -0.953. The number of hydrogen-bond acceptors (Lipinski definition) is 4. The molecule has 3 atom stereocenters. The molecule has 2 aliphatic rings. The lowest BCUT2D eigenvalue weighted by atomic mass is 9.74. The zero-order chi connectivity index (χ0) is 23.5. The molecule has 1 aliphatic carbocycles. The van der Waals surface area contributed by atoms with Gasteiger partial charge >= 0.3 is 6.03 Å². The van der Waals surface area contributed by atoms with Crippen molar-refractivity contribution in [1.82, 2.24) is 15.5 Å². The molecule has 2 amide bonds. The van der Waals surface area contributed by atoms with Gasteiger partial charge < -0.3 is 25.4 Å². The van der Waals surface area contributed by atoms with Gasteiger partial charge in [0.25, 0.3) is 0 Å². The van der Waals surface area contributed by atoms with Crippen molar-refractivity contribution in [3.8, 4) is 0 Å². The lowest BCUT2D eigenvalue weighted by Crippen LogP contribution is -2.54. The van der Waals surface area contributed by atoms with E-state index in [4.69, 9.17) is 4.74 Å². The summed E-state index contributed by atoms with van der Waals surface area (Å²) in [6.45, 7) is 2.75. The topological polar surface area (TPSA) is 73.8 Å². The molecule has 1 aromatic rings. The van der Waals surface area contributed by atoms with Crippen molar-refractivity contribution < 1.29 is 14.6 Å². The quantitative estimate of drug-likeness (QED) is 0.432. The van der Waals surface area contributed by atoms with Gasteiger partial charge in [0, 0.05) is 45.3 Å². The number of carbonyl (C=O) groups excluding carboxylic acids is 1. The number of hydrogen-bond donors (Lipinski definition) is 3. The Morgan fingerprint density at radius 3 is 2.64 bits per heavy atom. The number of carbonyl (C=O) groups is 1. The predicted molar refractivity (Wildman–Crippen MR) is 133 cm³/mol. The molecular formula is C27H45N3O3. The van der Waals surface area contributed by atoms with E-state index in [0.717, 1.165) is 50.3 Å². The Bertz CT molecular complexity index is 695. The third kappa shape index (κ3) is 7.43. The summed E-state index contributed by atoms with van der Waals surface area (Å²) in [4.78, 5) is 15.2. The fraction of sp³-hybridized carbons (Fsp3) is 0.741. The van der Waals surface area contributed by atoms with E-state index in [1.54, 1.807) is 7.11 Å². The molecule has 0 aromatic heterocycles. The first-order valence-electron chi connectivity index (χ1n) is 13.0. The van der Waals surface area contributed by atoms with Crippen molar-refractivity contribution >= 4 is 6.03 Å². The second kappa shape index (κ2) is 13.3. The van der Waals surface area contributed by atoms with E-state index in [2.05, 4.69) is 10.6 Å². The van der Waals surface area contributed by atoms with E-state index in [1.807, 2.05) is 42.3 Å². The van der Waals surface area contributed by atoms with Crippen LogP contribution in [-0.2, 0) is 10.3 Å². The SMILES string of the molecule is CNCC(CC1CCCCC1)NC(=O)N1CCC[C@@H]([C@](O)(CCCOC)c2ccccc2)C1. The van der Waals surface area contributed by atoms with Gasteiger partial charge in [0.1, 0.15) is 0 Å². The first-order chi connectivity index (χ1) is 16.1. The highest BCUT2D eigenvalue weighted by molar-refractivity contribution is 5.74. The molecule has 0 radical (unpaired) electrons. The van der Waals surface area contributed by atoms with Gasteiger partial charge in [-0.15, -0.1) is 0 Å². The van der Waals surface area contributed by atoms with Gasteiger partial charge in [0.15, 0.2) is 0 Å². The fourth-order valence-electron chi connectivity index (χ4n) is 5.88. The zero-order valence-corrected chi connectivity index (χ0v) is 20.7. The molecule has 6 nitrogen and oxygen atoms in total. The molecule has 1 unspecified atom stereocenters. The number of benzene rings is 1. The van der Waals surface area contributed by atoms with Crippen LogP contribution in [0.15, 0.2) is 30.3 Å². The van der Waals surface area contributed by atoms with Crippen molar-refractivity contribution in [2.75, 3.05) is 40.4 Å². The number of methoxy groups -OCH3 is 1. The number of rotatable bonds is 11. The second-order valence-electron chi connectivity index (χ2n) is 10.1. The summed E-state index contributed by atoms with van der Waals surface area (Å²) in [5.74, 6) is 0.729. The van der Waals surface area contributed by atoms with Crippen LogP contribution in [-0.4, -0.2) is 62.5 Å². The van der Waals surface area contributed by atoms with Crippen molar-refractivity contribution in [2.45, 2.75) is 75.9 Å². The van der Waals surface area contributed by atoms with Gasteiger partial charge in [-0.3, -0.25) is 0 Å². The van der Waals surface area contributed by atoms with Crippen LogP contribution >= 0.6 is 0 Å². The molecule has 1 aromatic carbocycles. The second-order valence-corrected chi connectivity index (χ2v) is 10.1. The van der Waals surface area contributed by atoms with Crippen molar-refractivity contribution in [3.63, 3.8) is 0 Å². The number of nitrogens with one attached hydrogen (secondary N) is 2. The lowest BCUT2D eigenvalue weighted by Gasteiger charge is -2.43.